The number of nitrogens with one attached hydrogen (secondary N) is 1. The molecule has 1 heterocycles. The summed E-state index contributed by atoms with van der Waals surface area (Å²) in [5.74, 6) is 1.69. The molecule has 1 aliphatic heterocycles. The Hall–Kier alpha value is -0.0800. The van der Waals surface area contributed by atoms with Crippen molar-refractivity contribution in [3.05, 3.63) is 0 Å². The van der Waals surface area contributed by atoms with Crippen molar-refractivity contribution in [2.45, 2.75) is 57.9 Å². The van der Waals surface area contributed by atoms with Gasteiger partial charge in [-0.1, -0.05) is 19.3 Å². The van der Waals surface area contributed by atoms with E-state index in [0.717, 1.165) is 31.6 Å². The standard InChI is InChI=1S/C14H27NO/c1-12(14-7-3-2-4-8-14)15-10-13-6-5-9-16-11-13/h12-15H,2-11H2,1H3/t12-,13?/m0/s1. The summed E-state index contributed by atoms with van der Waals surface area (Å²) in [6.45, 7) is 5.50. The van der Waals surface area contributed by atoms with Gasteiger partial charge in [-0.3, -0.25) is 0 Å². The van der Waals surface area contributed by atoms with E-state index in [0.29, 0.717) is 6.04 Å². The molecule has 1 unspecified atom stereocenters. The Morgan fingerprint density at radius 2 is 1.94 bits per heavy atom. The van der Waals surface area contributed by atoms with Crippen LogP contribution < -0.4 is 5.32 Å². The molecule has 0 aromatic carbocycles. The van der Waals surface area contributed by atoms with Crippen molar-refractivity contribution in [2.24, 2.45) is 11.8 Å². The number of hydrogen-bond donors (Lipinski definition) is 1. The van der Waals surface area contributed by atoms with Crippen molar-refractivity contribution < 1.29 is 4.74 Å². The molecular formula is C14H27NO. The molecule has 1 saturated carbocycles. The smallest absolute Gasteiger partial charge is 0.0506 e. The first-order valence-electron chi connectivity index (χ1n) is 7.17. The maximum atomic E-state index is 5.52. The average molecular weight is 225 g/mol. The van der Waals surface area contributed by atoms with Gasteiger partial charge in [0.2, 0.25) is 0 Å². The lowest BCUT2D eigenvalue weighted by Crippen LogP contribution is -2.39. The van der Waals surface area contributed by atoms with Gasteiger partial charge in [-0.05, 0) is 44.4 Å². The molecule has 0 aromatic heterocycles. The topological polar surface area (TPSA) is 21.3 Å². The van der Waals surface area contributed by atoms with Gasteiger partial charge in [0.1, 0.15) is 0 Å². The van der Waals surface area contributed by atoms with Crippen molar-refractivity contribution in [1.29, 1.82) is 0 Å². The molecule has 0 spiro atoms. The molecule has 2 atom stereocenters. The minimum Gasteiger partial charge on any atom is -0.381 e. The molecule has 0 amide bonds. The fourth-order valence-electron chi connectivity index (χ4n) is 3.12. The van der Waals surface area contributed by atoms with Crippen LogP contribution in [-0.4, -0.2) is 25.8 Å². The van der Waals surface area contributed by atoms with Crippen molar-refractivity contribution in [2.75, 3.05) is 19.8 Å². The lowest BCUT2D eigenvalue weighted by molar-refractivity contribution is 0.0528. The summed E-state index contributed by atoms with van der Waals surface area (Å²) in [4.78, 5) is 0. The third-order valence-corrected chi connectivity index (χ3v) is 4.34. The predicted octanol–water partition coefficient (Wildman–Crippen LogP) is 2.97. The van der Waals surface area contributed by atoms with Gasteiger partial charge in [0.25, 0.3) is 0 Å². The summed E-state index contributed by atoms with van der Waals surface area (Å²) in [7, 11) is 0. The van der Waals surface area contributed by atoms with Gasteiger partial charge < -0.3 is 10.1 Å². The summed E-state index contributed by atoms with van der Waals surface area (Å²) in [5, 5.41) is 3.74. The maximum absolute atomic E-state index is 5.52. The van der Waals surface area contributed by atoms with Crippen LogP contribution in [0.5, 0.6) is 0 Å². The Bertz CT molecular complexity index is 183. The van der Waals surface area contributed by atoms with Crippen LogP contribution in [0.3, 0.4) is 0 Å². The van der Waals surface area contributed by atoms with Crippen molar-refractivity contribution in [3.8, 4) is 0 Å². The van der Waals surface area contributed by atoms with E-state index in [9.17, 15) is 0 Å². The summed E-state index contributed by atoms with van der Waals surface area (Å²) in [6.07, 6.45) is 9.84. The molecule has 94 valence electrons. The zero-order valence-electron chi connectivity index (χ0n) is 10.7. The van der Waals surface area contributed by atoms with Crippen LogP contribution in [0.2, 0.25) is 0 Å². The van der Waals surface area contributed by atoms with E-state index in [4.69, 9.17) is 4.74 Å². The summed E-state index contributed by atoms with van der Waals surface area (Å²) < 4.78 is 5.52. The number of ether oxygens (including phenoxy) is 1. The monoisotopic (exact) mass is 225 g/mol. The highest BCUT2D eigenvalue weighted by atomic mass is 16.5. The number of hydrogen-bond acceptors (Lipinski definition) is 2. The van der Waals surface area contributed by atoms with Crippen molar-refractivity contribution in [1.82, 2.24) is 5.32 Å². The summed E-state index contributed by atoms with van der Waals surface area (Å²) in [6, 6.07) is 0.710. The van der Waals surface area contributed by atoms with E-state index < -0.39 is 0 Å². The molecule has 2 aliphatic rings. The van der Waals surface area contributed by atoms with Gasteiger partial charge >= 0.3 is 0 Å². The van der Waals surface area contributed by atoms with Crippen LogP contribution in [0, 0.1) is 11.8 Å². The Balaban J connectivity index is 1.63. The minimum atomic E-state index is 0.710. The zero-order valence-corrected chi connectivity index (χ0v) is 10.7. The molecule has 1 saturated heterocycles. The van der Waals surface area contributed by atoms with Crippen LogP contribution in [0.25, 0.3) is 0 Å². The van der Waals surface area contributed by atoms with E-state index in [2.05, 4.69) is 12.2 Å². The SMILES string of the molecule is C[C@H](NCC1CCCOC1)C1CCCCC1. The Kier molecular flexibility index (Phi) is 5.11. The molecule has 0 radical (unpaired) electrons. The van der Waals surface area contributed by atoms with Crippen LogP contribution in [-0.2, 0) is 4.74 Å². The molecule has 2 nitrogen and oxygen atoms in total. The molecule has 0 aromatic rings. The molecule has 1 aliphatic carbocycles. The van der Waals surface area contributed by atoms with E-state index in [1.165, 1.54) is 44.9 Å². The normalized spacial score (nSPS) is 30.2. The fraction of sp³-hybridized carbons (Fsp3) is 1.00. The fourth-order valence-corrected chi connectivity index (χ4v) is 3.12. The first-order chi connectivity index (χ1) is 7.86. The van der Waals surface area contributed by atoms with Gasteiger partial charge in [-0.2, -0.15) is 0 Å². The Morgan fingerprint density at radius 1 is 1.12 bits per heavy atom. The largest absolute Gasteiger partial charge is 0.381 e. The van der Waals surface area contributed by atoms with E-state index in [1.807, 2.05) is 0 Å². The van der Waals surface area contributed by atoms with Gasteiger partial charge in [-0.25, -0.2) is 0 Å². The molecule has 0 bridgehead atoms. The summed E-state index contributed by atoms with van der Waals surface area (Å²) >= 11 is 0. The van der Waals surface area contributed by atoms with Gasteiger partial charge in [0.15, 0.2) is 0 Å². The van der Waals surface area contributed by atoms with Gasteiger partial charge in [0.05, 0.1) is 6.61 Å². The second-order valence-corrected chi connectivity index (χ2v) is 5.68. The average Bonchev–Trinajstić information content (AvgIpc) is 2.38. The second-order valence-electron chi connectivity index (χ2n) is 5.68. The Labute approximate surface area is 100 Å². The zero-order chi connectivity index (χ0) is 11.2. The number of rotatable bonds is 4. The van der Waals surface area contributed by atoms with Crippen LogP contribution in [0.15, 0.2) is 0 Å². The van der Waals surface area contributed by atoms with E-state index in [-0.39, 0.29) is 0 Å². The molecule has 1 N–H and O–H groups in total. The molecule has 2 heteroatoms. The maximum Gasteiger partial charge on any atom is 0.0506 e. The van der Waals surface area contributed by atoms with E-state index >= 15 is 0 Å². The third-order valence-electron chi connectivity index (χ3n) is 4.34. The van der Waals surface area contributed by atoms with Crippen molar-refractivity contribution >= 4 is 0 Å². The third kappa shape index (κ3) is 3.74. The molecular weight excluding hydrogens is 198 g/mol. The Morgan fingerprint density at radius 3 is 2.62 bits per heavy atom. The van der Waals surface area contributed by atoms with Crippen LogP contribution in [0.1, 0.15) is 51.9 Å². The van der Waals surface area contributed by atoms with Crippen molar-refractivity contribution in [3.63, 3.8) is 0 Å². The van der Waals surface area contributed by atoms with Gasteiger partial charge in [-0.15, -0.1) is 0 Å². The molecule has 2 rings (SSSR count). The molecule has 16 heavy (non-hydrogen) atoms. The first-order valence-corrected chi connectivity index (χ1v) is 7.17. The second kappa shape index (κ2) is 6.61. The highest BCUT2D eigenvalue weighted by Gasteiger charge is 2.21. The molecule has 2 fully saturated rings. The van der Waals surface area contributed by atoms with Crippen LogP contribution in [0.4, 0.5) is 0 Å². The minimum absolute atomic E-state index is 0.710. The van der Waals surface area contributed by atoms with Crippen LogP contribution >= 0.6 is 0 Å². The first kappa shape index (κ1) is 12.4. The highest BCUT2D eigenvalue weighted by Crippen LogP contribution is 2.26. The van der Waals surface area contributed by atoms with E-state index in [1.54, 1.807) is 0 Å². The predicted molar refractivity (Wildman–Crippen MR) is 67.6 cm³/mol. The summed E-state index contributed by atoms with van der Waals surface area (Å²) in [5.41, 5.74) is 0. The lowest BCUT2D eigenvalue weighted by atomic mass is 9.84. The quantitative estimate of drug-likeness (QED) is 0.794. The lowest BCUT2D eigenvalue weighted by Gasteiger charge is -2.30. The van der Waals surface area contributed by atoms with Gasteiger partial charge in [0, 0.05) is 19.2 Å². The highest BCUT2D eigenvalue weighted by molar-refractivity contribution is 4.77.